The van der Waals surface area contributed by atoms with Gasteiger partial charge in [0.15, 0.2) is 0 Å². The van der Waals surface area contributed by atoms with E-state index in [-0.39, 0.29) is 11.9 Å². The third kappa shape index (κ3) is 3.95. The summed E-state index contributed by atoms with van der Waals surface area (Å²) in [5.74, 6) is 0.449. The first kappa shape index (κ1) is 16.2. The van der Waals surface area contributed by atoms with Crippen LogP contribution in [0.5, 0.6) is 5.75 Å². The molecule has 1 heterocycles. The summed E-state index contributed by atoms with van der Waals surface area (Å²) >= 11 is 0. The van der Waals surface area contributed by atoms with Crippen LogP contribution in [0.15, 0.2) is 18.2 Å². The van der Waals surface area contributed by atoms with Gasteiger partial charge in [0.25, 0.3) is 0 Å². The third-order valence-electron chi connectivity index (χ3n) is 4.43. The number of methoxy groups -OCH3 is 1. The van der Waals surface area contributed by atoms with E-state index >= 15 is 0 Å². The molecule has 0 aliphatic carbocycles. The highest BCUT2D eigenvalue weighted by Crippen LogP contribution is 2.30. The van der Waals surface area contributed by atoms with E-state index in [1.807, 2.05) is 6.07 Å². The molecular weight excluding hydrogens is 267 g/mol. The van der Waals surface area contributed by atoms with Gasteiger partial charge < -0.3 is 15.0 Å². The van der Waals surface area contributed by atoms with Crippen molar-refractivity contribution in [1.82, 2.24) is 10.2 Å². The van der Waals surface area contributed by atoms with Gasteiger partial charge in [-0.25, -0.2) is 4.39 Å². The SMILES string of the molecule is CCNC(CCN1CCCC1C)c1c(F)cccc1OC. The Labute approximate surface area is 127 Å². The monoisotopic (exact) mass is 294 g/mol. The fraction of sp³-hybridized carbons (Fsp3) is 0.647. The van der Waals surface area contributed by atoms with Crippen LogP contribution in [0.3, 0.4) is 0 Å². The largest absolute Gasteiger partial charge is 0.496 e. The first-order chi connectivity index (χ1) is 10.2. The van der Waals surface area contributed by atoms with Crippen molar-refractivity contribution < 1.29 is 9.13 Å². The van der Waals surface area contributed by atoms with Gasteiger partial charge in [-0.05, 0) is 51.4 Å². The second kappa shape index (κ2) is 7.76. The van der Waals surface area contributed by atoms with Crippen molar-refractivity contribution in [3.63, 3.8) is 0 Å². The molecule has 4 heteroatoms. The van der Waals surface area contributed by atoms with E-state index < -0.39 is 0 Å². The molecule has 2 unspecified atom stereocenters. The highest BCUT2D eigenvalue weighted by molar-refractivity contribution is 5.37. The smallest absolute Gasteiger partial charge is 0.131 e. The van der Waals surface area contributed by atoms with Gasteiger partial charge in [0, 0.05) is 24.2 Å². The highest BCUT2D eigenvalue weighted by atomic mass is 19.1. The number of likely N-dealkylation sites (tertiary alicyclic amines) is 1. The molecule has 2 rings (SSSR count). The lowest BCUT2D eigenvalue weighted by Gasteiger charge is -2.26. The molecule has 118 valence electrons. The summed E-state index contributed by atoms with van der Waals surface area (Å²) < 4.78 is 19.6. The first-order valence-electron chi connectivity index (χ1n) is 7.97. The van der Waals surface area contributed by atoms with Gasteiger partial charge in [-0.2, -0.15) is 0 Å². The number of rotatable bonds is 7. The number of nitrogens with zero attached hydrogens (tertiary/aromatic N) is 1. The number of hydrogen-bond donors (Lipinski definition) is 1. The summed E-state index contributed by atoms with van der Waals surface area (Å²) in [6.45, 7) is 7.31. The van der Waals surface area contributed by atoms with E-state index in [2.05, 4.69) is 24.1 Å². The lowest BCUT2D eigenvalue weighted by Crippen LogP contribution is -2.32. The van der Waals surface area contributed by atoms with Gasteiger partial charge in [0.1, 0.15) is 11.6 Å². The van der Waals surface area contributed by atoms with Gasteiger partial charge in [-0.3, -0.25) is 0 Å². The van der Waals surface area contributed by atoms with Crippen molar-refractivity contribution >= 4 is 0 Å². The van der Waals surface area contributed by atoms with Crippen molar-refractivity contribution in [2.24, 2.45) is 0 Å². The second-order valence-corrected chi connectivity index (χ2v) is 5.78. The van der Waals surface area contributed by atoms with E-state index in [0.717, 1.165) is 26.1 Å². The number of benzene rings is 1. The molecule has 1 aliphatic heterocycles. The number of halogens is 1. The van der Waals surface area contributed by atoms with Crippen molar-refractivity contribution in [2.75, 3.05) is 26.7 Å². The lowest BCUT2D eigenvalue weighted by molar-refractivity contribution is 0.250. The zero-order valence-electron chi connectivity index (χ0n) is 13.4. The fourth-order valence-corrected chi connectivity index (χ4v) is 3.25. The maximum atomic E-state index is 14.3. The predicted molar refractivity (Wildman–Crippen MR) is 84.3 cm³/mol. The summed E-state index contributed by atoms with van der Waals surface area (Å²) in [6, 6.07) is 5.69. The normalized spacial score (nSPS) is 20.7. The topological polar surface area (TPSA) is 24.5 Å². The Hall–Kier alpha value is -1.13. The van der Waals surface area contributed by atoms with Crippen LogP contribution in [0.25, 0.3) is 0 Å². The molecular formula is C17H27FN2O. The molecule has 21 heavy (non-hydrogen) atoms. The van der Waals surface area contributed by atoms with Crippen LogP contribution < -0.4 is 10.1 Å². The number of ether oxygens (including phenoxy) is 1. The molecule has 1 aromatic rings. The second-order valence-electron chi connectivity index (χ2n) is 5.78. The van der Waals surface area contributed by atoms with Gasteiger partial charge >= 0.3 is 0 Å². The summed E-state index contributed by atoms with van der Waals surface area (Å²) in [4.78, 5) is 2.50. The number of hydrogen-bond acceptors (Lipinski definition) is 3. The Kier molecular flexibility index (Phi) is 6.00. The highest BCUT2D eigenvalue weighted by Gasteiger charge is 2.24. The van der Waals surface area contributed by atoms with Gasteiger partial charge in [-0.1, -0.05) is 13.0 Å². The Balaban J connectivity index is 2.11. The molecule has 2 atom stereocenters. The van der Waals surface area contributed by atoms with Crippen LogP contribution in [0.2, 0.25) is 0 Å². The van der Waals surface area contributed by atoms with Crippen molar-refractivity contribution in [2.45, 2.75) is 45.2 Å². The van der Waals surface area contributed by atoms with Crippen molar-refractivity contribution in [3.05, 3.63) is 29.6 Å². The predicted octanol–water partition coefficient (Wildman–Crippen LogP) is 3.36. The standard InChI is InChI=1S/C17H27FN2O/c1-4-19-15(10-12-20-11-6-7-13(20)2)17-14(18)8-5-9-16(17)21-3/h5,8-9,13,15,19H,4,6-7,10-12H2,1-3H3. The molecule has 1 aliphatic rings. The molecule has 1 saturated heterocycles. The van der Waals surface area contributed by atoms with Crippen molar-refractivity contribution in [3.8, 4) is 5.75 Å². The molecule has 0 bridgehead atoms. The Morgan fingerprint density at radius 2 is 2.29 bits per heavy atom. The van der Waals surface area contributed by atoms with Crippen LogP contribution in [-0.2, 0) is 0 Å². The molecule has 0 aromatic heterocycles. The quantitative estimate of drug-likeness (QED) is 0.834. The minimum atomic E-state index is -0.185. The third-order valence-corrected chi connectivity index (χ3v) is 4.43. The Morgan fingerprint density at radius 3 is 2.90 bits per heavy atom. The van der Waals surface area contributed by atoms with E-state index in [0.29, 0.717) is 17.4 Å². The summed E-state index contributed by atoms with van der Waals surface area (Å²) in [5.41, 5.74) is 0.661. The van der Waals surface area contributed by atoms with Gasteiger partial charge in [0.2, 0.25) is 0 Å². The minimum Gasteiger partial charge on any atom is -0.496 e. The van der Waals surface area contributed by atoms with Crippen LogP contribution in [0, 0.1) is 5.82 Å². The Bertz CT molecular complexity index is 452. The summed E-state index contributed by atoms with van der Waals surface area (Å²) in [7, 11) is 1.60. The molecule has 0 saturated carbocycles. The molecule has 1 aromatic carbocycles. The molecule has 1 fully saturated rings. The van der Waals surface area contributed by atoms with Gasteiger partial charge in [0.05, 0.1) is 7.11 Å². The molecule has 1 N–H and O–H groups in total. The first-order valence-corrected chi connectivity index (χ1v) is 7.97. The number of nitrogens with one attached hydrogen (secondary N) is 1. The van der Waals surface area contributed by atoms with Crippen LogP contribution in [0.4, 0.5) is 4.39 Å². The average molecular weight is 294 g/mol. The molecule has 0 radical (unpaired) electrons. The van der Waals surface area contributed by atoms with Crippen LogP contribution >= 0.6 is 0 Å². The van der Waals surface area contributed by atoms with E-state index in [1.165, 1.54) is 18.9 Å². The zero-order valence-corrected chi connectivity index (χ0v) is 13.4. The maximum absolute atomic E-state index is 14.3. The minimum absolute atomic E-state index is 0.000972. The summed E-state index contributed by atoms with van der Waals surface area (Å²) in [6.07, 6.45) is 3.44. The zero-order chi connectivity index (χ0) is 15.2. The summed E-state index contributed by atoms with van der Waals surface area (Å²) in [5, 5.41) is 3.41. The molecule has 3 nitrogen and oxygen atoms in total. The van der Waals surface area contributed by atoms with E-state index in [4.69, 9.17) is 4.74 Å². The van der Waals surface area contributed by atoms with Gasteiger partial charge in [-0.15, -0.1) is 0 Å². The molecule has 0 spiro atoms. The average Bonchev–Trinajstić information content (AvgIpc) is 2.89. The maximum Gasteiger partial charge on any atom is 0.131 e. The van der Waals surface area contributed by atoms with E-state index in [9.17, 15) is 4.39 Å². The van der Waals surface area contributed by atoms with Crippen LogP contribution in [0.1, 0.15) is 44.7 Å². The van der Waals surface area contributed by atoms with Crippen molar-refractivity contribution in [1.29, 1.82) is 0 Å². The van der Waals surface area contributed by atoms with Crippen LogP contribution in [-0.4, -0.2) is 37.7 Å². The molecule has 0 amide bonds. The lowest BCUT2D eigenvalue weighted by atomic mass is 10.0. The van der Waals surface area contributed by atoms with E-state index in [1.54, 1.807) is 13.2 Å². The fourth-order valence-electron chi connectivity index (χ4n) is 3.25. The Morgan fingerprint density at radius 1 is 1.48 bits per heavy atom.